The highest BCUT2D eigenvalue weighted by molar-refractivity contribution is 7.10. The Hall–Kier alpha value is -2.00. The minimum absolute atomic E-state index is 0.0392. The number of rotatable bonds is 5. The van der Waals surface area contributed by atoms with Crippen LogP contribution in [-0.2, 0) is 13.2 Å². The van der Waals surface area contributed by atoms with E-state index in [4.69, 9.17) is 19.7 Å². The molecule has 2 N–H and O–H groups in total. The van der Waals surface area contributed by atoms with Crippen LogP contribution in [0.15, 0.2) is 29.6 Å². The molecule has 0 bridgehead atoms. The molecule has 0 unspecified atom stereocenters. The van der Waals surface area contributed by atoms with E-state index in [-0.39, 0.29) is 13.2 Å². The summed E-state index contributed by atoms with van der Waals surface area (Å²) >= 11 is 1.55. The summed E-state index contributed by atoms with van der Waals surface area (Å²) in [5.74, 6) is 6.72. The van der Waals surface area contributed by atoms with Gasteiger partial charge in [-0.05, 0) is 29.1 Å². The van der Waals surface area contributed by atoms with E-state index in [1.54, 1.807) is 36.6 Å². The Kier molecular flexibility index (Phi) is 5.64. The molecule has 5 heteroatoms. The van der Waals surface area contributed by atoms with E-state index >= 15 is 0 Å². The smallest absolute Gasteiger partial charge is 0.161 e. The molecule has 0 fully saturated rings. The van der Waals surface area contributed by atoms with Gasteiger partial charge in [0.15, 0.2) is 11.5 Å². The topological polar surface area (TPSA) is 58.9 Å². The number of ether oxygens (including phenoxy) is 2. The van der Waals surface area contributed by atoms with Gasteiger partial charge in [0.1, 0.15) is 13.2 Å². The molecule has 21 heavy (non-hydrogen) atoms. The van der Waals surface area contributed by atoms with Crippen LogP contribution in [0.3, 0.4) is 0 Å². The fourth-order valence-electron chi connectivity index (χ4n) is 1.77. The van der Waals surface area contributed by atoms with Crippen LogP contribution in [0.2, 0.25) is 0 Å². The maximum Gasteiger partial charge on any atom is 0.161 e. The summed E-state index contributed by atoms with van der Waals surface area (Å²) in [5.41, 5.74) is 1.63. The van der Waals surface area contributed by atoms with Gasteiger partial charge in [-0.1, -0.05) is 17.9 Å². The van der Waals surface area contributed by atoms with Crippen molar-refractivity contribution >= 4 is 11.3 Å². The van der Waals surface area contributed by atoms with Crippen molar-refractivity contribution in [3.8, 4) is 23.3 Å². The van der Waals surface area contributed by atoms with Crippen molar-refractivity contribution in [3.05, 3.63) is 45.6 Å². The molecule has 110 valence electrons. The zero-order valence-electron chi connectivity index (χ0n) is 11.6. The fourth-order valence-corrected chi connectivity index (χ4v) is 2.51. The molecule has 0 aliphatic carbocycles. The molecule has 1 aromatic carbocycles. The number of aliphatic hydroxyl groups excluding tert-OH is 2. The average molecular weight is 304 g/mol. The molecular formula is C16H16O4S. The maximum absolute atomic E-state index is 9.12. The molecule has 0 amide bonds. The van der Waals surface area contributed by atoms with E-state index in [0.29, 0.717) is 18.1 Å². The second kappa shape index (κ2) is 7.70. The molecule has 0 atom stereocenters. The lowest BCUT2D eigenvalue weighted by atomic mass is 10.2. The first-order valence-electron chi connectivity index (χ1n) is 6.35. The summed E-state index contributed by atoms with van der Waals surface area (Å²) in [6, 6.07) is 7.21. The monoisotopic (exact) mass is 304 g/mol. The van der Waals surface area contributed by atoms with Crippen molar-refractivity contribution < 1.29 is 19.7 Å². The lowest BCUT2D eigenvalue weighted by Crippen LogP contribution is -1.98. The van der Waals surface area contributed by atoms with Crippen LogP contribution in [0.5, 0.6) is 11.5 Å². The van der Waals surface area contributed by atoms with E-state index in [9.17, 15) is 0 Å². The summed E-state index contributed by atoms with van der Waals surface area (Å²) in [4.78, 5) is 0.990. The van der Waals surface area contributed by atoms with Crippen LogP contribution in [0.4, 0.5) is 0 Å². The quantitative estimate of drug-likeness (QED) is 0.831. The van der Waals surface area contributed by atoms with Gasteiger partial charge in [-0.25, -0.2) is 0 Å². The van der Waals surface area contributed by atoms with Crippen molar-refractivity contribution in [1.29, 1.82) is 0 Å². The van der Waals surface area contributed by atoms with Crippen molar-refractivity contribution in [1.82, 2.24) is 0 Å². The summed E-state index contributed by atoms with van der Waals surface area (Å²) in [7, 11) is 1.56. The van der Waals surface area contributed by atoms with E-state index in [0.717, 1.165) is 16.0 Å². The highest BCUT2D eigenvalue weighted by Crippen LogP contribution is 2.29. The first-order chi connectivity index (χ1) is 10.3. The second-order valence-electron chi connectivity index (χ2n) is 4.15. The fraction of sp³-hybridized carbons (Fsp3) is 0.250. The molecular weight excluding hydrogens is 288 g/mol. The molecule has 0 saturated heterocycles. The Bertz CT molecular complexity index is 652. The van der Waals surface area contributed by atoms with Gasteiger partial charge in [-0.3, -0.25) is 0 Å². The number of hydrogen-bond donors (Lipinski definition) is 2. The van der Waals surface area contributed by atoms with E-state index in [1.165, 1.54) is 0 Å². The van der Waals surface area contributed by atoms with Gasteiger partial charge in [0.2, 0.25) is 0 Å². The van der Waals surface area contributed by atoms with Crippen LogP contribution in [0.25, 0.3) is 0 Å². The summed E-state index contributed by atoms with van der Waals surface area (Å²) in [6.45, 7) is 0.178. The molecule has 2 rings (SSSR count). The van der Waals surface area contributed by atoms with Crippen LogP contribution >= 0.6 is 11.3 Å². The predicted molar refractivity (Wildman–Crippen MR) is 81.5 cm³/mol. The molecule has 0 spiro atoms. The summed E-state index contributed by atoms with van der Waals surface area (Å²) in [6.07, 6.45) is 0. The minimum atomic E-state index is -0.160. The molecule has 1 aromatic heterocycles. The molecule has 4 nitrogen and oxygen atoms in total. The Balaban J connectivity index is 2.11. The number of methoxy groups -OCH3 is 1. The highest BCUT2D eigenvalue weighted by atomic mass is 32.1. The molecule has 0 aliphatic rings. The Morgan fingerprint density at radius 2 is 2.05 bits per heavy atom. The van der Waals surface area contributed by atoms with Gasteiger partial charge in [0.05, 0.1) is 18.6 Å². The van der Waals surface area contributed by atoms with E-state index in [1.807, 2.05) is 11.4 Å². The lowest BCUT2D eigenvalue weighted by Gasteiger charge is -2.11. The van der Waals surface area contributed by atoms with Crippen LogP contribution in [0, 0.1) is 11.8 Å². The van der Waals surface area contributed by atoms with Crippen LogP contribution < -0.4 is 9.47 Å². The van der Waals surface area contributed by atoms with Crippen LogP contribution in [0.1, 0.15) is 16.0 Å². The summed E-state index contributed by atoms with van der Waals surface area (Å²) < 4.78 is 11.0. The standard InChI is InChI=1S/C16H16O4S/c1-19-15-9-12(10-18)4-5-14(15)20-11-16-13(3-2-7-17)6-8-21-16/h4-6,8-9,17-18H,7,10-11H2,1H3. The molecule has 2 aromatic rings. The van der Waals surface area contributed by atoms with Gasteiger partial charge >= 0.3 is 0 Å². The minimum Gasteiger partial charge on any atom is -0.493 e. The van der Waals surface area contributed by atoms with Crippen LogP contribution in [-0.4, -0.2) is 23.9 Å². The van der Waals surface area contributed by atoms with E-state index < -0.39 is 0 Å². The second-order valence-corrected chi connectivity index (χ2v) is 5.15. The SMILES string of the molecule is COc1cc(CO)ccc1OCc1sccc1C#CCO. The van der Waals surface area contributed by atoms with E-state index in [2.05, 4.69) is 11.8 Å². The number of benzene rings is 1. The third-order valence-electron chi connectivity index (χ3n) is 2.82. The highest BCUT2D eigenvalue weighted by Gasteiger charge is 2.08. The first kappa shape index (κ1) is 15.4. The number of aliphatic hydroxyl groups is 2. The molecule has 1 heterocycles. The third-order valence-corrected chi connectivity index (χ3v) is 3.71. The first-order valence-corrected chi connectivity index (χ1v) is 7.23. The summed E-state index contributed by atoms with van der Waals surface area (Å²) in [5, 5.41) is 19.8. The Morgan fingerprint density at radius 3 is 2.76 bits per heavy atom. The zero-order chi connectivity index (χ0) is 15.1. The van der Waals surface area contributed by atoms with Crippen molar-refractivity contribution in [3.63, 3.8) is 0 Å². The van der Waals surface area contributed by atoms with Crippen molar-refractivity contribution in [2.75, 3.05) is 13.7 Å². The molecule has 0 radical (unpaired) electrons. The zero-order valence-corrected chi connectivity index (χ0v) is 12.4. The number of hydrogen-bond acceptors (Lipinski definition) is 5. The van der Waals surface area contributed by atoms with Gasteiger partial charge in [0, 0.05) is 5.56 Å². The normalized spacial score (nSPS) is 9.86. The average Bonchev–Trinajstić information content (AvgIpc) is 2.98. The van der Waals surface area contributed by atoms with Crippen molar-refractivity contribution in [2.45, 2.75) is 13.2 Å². The Labute approximate surface area is 127 Å². The Morgan fingerprint density at radius 1 is 1.19 bits per heavy atom. The third kappa shape index (κ3) is 3.99. The van der Waals surface area contributed by atoms with Gasteiger partial charge in [0.25, 0.3) is 0 Å². The van der Waals surface area contributed by atoms with Gasteiger partial charge in [-0.15, -0.1) is 11.3 Å². The molecule has 0 aliphatic heterocycles. The maximum atomic E-state index is 9.12. The number of thiophene rings is 1. The van der Waals surface area contributed by atoms with Gasteiger partial charge < -0.3 is 19.7 Å². The van der Waals surface area contributed by atoms with Gasteiger partial charge in [-0.2, -0.15) is 0 Å². The molecule has 0 saturated carbocycles. The predicted octanol–water partition coefficient (Wildman–Crippen LogP) is 2.17. The lowest BCUT2D eigenvalue weighted by molar-refractivity contribution is 0.275. The van der Waals surface area contributed by atoms with Crippen molar-refractivity contribution in [2.24, 2.45) is 0 Å². The largest absolute Gasteiger partial charge is 0.493 e.